The van der Waals surface area contributed by atoms with Crippen LogP contribution in [0.2, 0.25) is 0 Å². The van der Waals surface area contributed by atoms with Crippen LogP contribution in [0.4, 0.5) is 0 Å². The van der Waals surface area contributed by atoms with Crippen molar-refractivity contribution in [1.29, 1.82) is 0 Å². The summed E-state index contributed by atoms with van der Waals surface area (Å²) in [4.78, 5) is 11.4. The molecule has 3 rings (SSSR count). The van der Waals surface area contributed by atoms with Gasteiger partial charge in [-0.05, 0) is 29.9 Å². The van der Waals surface area contributed by atoms with E-state index in [-0.39, 0.29) is 5.75 Å². The van der Waals surface area contributed by atoms with Crippen LogP contribution in [0.1, 0.15) is 18.4 Å². The third-order valence-corrected chi connectivity index (χ3v) is 3.57. The van der Waals surface area contributed by atoms with Gasteiger partial charge < -0.3 is 10.2 Å². The maximum Gasteiger partial charge on any atom is 0.314 e. The van der Waals surface area contributed by atoms with Gasteiger partial charge in [-0.25, -0.2) is 0 Å². The lowest BCUT2D eigenvalue weighted by Gasteiger charge is -2.13. The zero-order valence-corrected chi connectivity index (χ0v) is 9.18. The van der Waals surface area contributed by atoms with Gasteiger partial charge in [0.15, 0.2) is 0 Å². The minimum atomic E-state index is -0.770. The molecule has 3 nitrogen and oxygen atoms in total. The lowest BCUT2D eigenvalue weighted by atomic mass is 9.91. The molecule has 2 aromatic carbocycles. The van der Waals surface area contributed by atoms with E-state index in [1.807, 2.05) is 18.2 Å². The summed E-state index contributed by atoms with van der Waals surface area (Å²) in [5.74, 6) is -0.570. The summed E-state index contributed by atoms with van der Waals surface area (Å²) in [5.41, 5.74) is 0.0891. The summed E-state index contributed by atoms with van der Waals surface area (Å²) in [5, 5.41) is 20.7. The van der Waals surface area contributed by atoms with E-state index in [1.165, 1.54) is 0 Å². The number of benzene rings is 2. The molecule has 0 heterocycles. The normalized spacial score (nSPS) is 16.9. The van der Waals surface area contributed by atoms with E-state index >= 15 is 0 Å². The summed E-state index contributed by atoms with van der Waals surface area (Å²) < 4.78 is 0. The van der Waals surface area contributed by atoms with E-state index in [4.69, 9.17) is 0 Å². The van der Waals surface area contributed by atoms with Gasteiger partial charge in [-0.1, -0.05) is 30.3 Å². The van der Waals surface area contributed by atoms with Crippen LogP contribution in [0.5, 0.6) is 5.75 Å². The van der Waals surface area contributed by atoms with E-state index in [2.05, 4.69) is 0 Å². The summed E-state index contributed by atoms with van der Waals surface area (Å²) in [6.07, 6.45) is 1.36. The van der Waals surface area contributed by atoms with Crippen LogP contribution >= 0.6 is 0 Å². The van der Waals surface area contributed by atoms with Crippen molar-refractivity contribution in [3.63, 3.8) is 0 Å². The van der Waals surface area contributed by atoms with Gasteiger partial charge in [-0.2, -0.15) is 0 Å². The van der Waals surface area contributed by atoms with Crippen molar-refractivity contribution >= 4 is 16.7 Å². The lowest BCUT2D eigenvalue weighted by Crippen LogP contribution is -2.19. The Hall–Kier alpha value is -2.03. The van der Waals surface area contributed by atoms with Crippen molar-refractivity contribution in [2.45, 2.75) is 18.3 Å². The summed E-state index contributed by atoms with van der Waals surface area (Å²) in [6.45, 7) is 0. The molecular formula is C14H12O3. The number of hydrogen-bond acceptors (Lipinski definition) is 2. The van der Waals surface area contributed by atoms with E-state index in [0.717, 1.165) is 16.3 Å². The summed E-state index contributed by atoms with van der Waals surface area (Å²) >= 11 is 0. The molecule has 1 saturated carbocycles. The molecule has 0 atom stereocenters. The van der Waals surface area contributed by atoms with E-state index < -0.39 is 11.4 Å². The van der Waals surface area contributed by atoms with Crippen LogP contribution in [0.3, 0.4) is 0 Å². The quantitative estimate of drug-likeness (QED) is 0.830. The maximum atomic E-state index is 11.4. The highest BCUT2D eigenvalue weighted by Gasteiger charge is 2.52. The average molecular weight is 228 g/mol. The smallest absolute Gasteiger partial charge is 0.314 e. The third kappa shape index (κ3) is 1.32. The van der Waals surface area contributed by atoms with Crippen LogP contribution in [0.25, 0.3) is 10.8 Å². The predicted octanol–water partition coefficient (Wildman–Crippen LogP) is 2.66. The Balaban J connectivity index is 2.32. The van der Waals surface area contributed by atoms with Crippen LogP contribution in [-0.2, 0) is 10.2 Å². The Morgan fingerprint density at radius 3 is 2.35 bits per heavy atom. The fraction of sp³-hybridized carbons (Fsp3) is 0.214. The number of carbonyl (C=O) groups is 1. The van der Waals surface area contributed by atoms with Crippen molar-refractivity contribution in [2.24, 2.45) is 0 Å². The molecule has 1 aliphatic carbocycles. The van der Waals surface area contributed by atoms with Crippen LogP contribution in [0, 0.1) is 0 Å². The Labute approximate surface area is 98.3 Å². The van der Waals surface area contributed by atoms with Crippen molar-refractivity contribution in [3.05, 3.63) is 42.0 Å². The number of carboxylic acids is 1. The molecule has 0 radical (unpaired) electrons. The molecule has 2 aromatic rings. The minimum absolute atomic E-state index is 0.200. The molecule has 0 spiro atoms. The SMILES string of the molecule is O=C(O)C1(c2cccc3c(O)cccc23)CC1. The minimum Gasteiger partial charge on any atom is -0.507 e. The molecular weight excluding hydrogens is 216 g/mol. The fourth-order valence-corrected chi connectivity index (χ4v) is 2.43. The highest BCUT2D eigenvalue weighted by atomic mass is 16.4. The first kappa shape index (κ1) is 10.1. The fourth-order valence-electron chi connectivity index (χ4n) is 2.43. The molecule has 0 amide bonds. The molecule has 0 aliphatic heterocycles. The Kier molecular flexibility index (Phi) is 1.93. The average Bonchev–Trinajstić information content (AvgIpc) is 3.10. The Morgan fingerprint density at radius 1 is 1.06 bits per heavy atom. The first-order valence-corrected chi connectivity index (χ1v) is 5.60. The first-order chi connectivity index (χ1) is 8.15. The van der Waals surface area contributed by atoms with Gasteiger partial charge in [-0.3, -0.25) is 4.79 Å². The number of phenols is 1. The lowest BCUT2D eigenvalue weighted by molar-refractivity contribution is -0.140. The molecule has 0 aromatic heterocycles. The first-order valence-electron chi connectivity index (χ1n) is 5.60. The van der Waals surface area contributed by atoms with Crippen molar-refractivity contribution in [1.82, 2.24) is 0 Å². The molecule has 0 saturated heterocycles. The molecule has 1 aliphatic rings. The van der Waals surface area contributed by atoms with Gasteiger partial charge in [0.25, 0.3) is 0 Å². The number of hydrogen-bond donors (Lipinski definition) is 2. The number of phenolic OH excluding ortho intramolecular Hbond substituents is 1. The number of fused-ring (bicyclic) bond motifs is 1. The van der Waals surface area contributed by atoms with Crippen molar-refractivity contribution in [2.75, 3.05) is 0 Å². The molecule has 0 bridgehead atoms. The molecule has 1 fully saturated rings. The summed E-state index contributed by atoms with van der Waals surface area (Å²) in [6, 6.07) is 10.7. The highest BCUT2D eigenvalue weighted by molar-refractivity contribution is 5.97. The van der Waals surface area contributed by atoms with Crippen LogP contribution in [-0.4, -0.2) is 16.2 Å². The second kappa shape index (κ2) is 3.23. The zero-order valence-electron chi connectivity index (χ0n) is 9.18. The van der Waals surface area contributed by atoms with Gasteiger partial charge in [0.2, 0.25) is 0 Å². The Bertz CT molecular complexity index is 612. The van der Waals surface area contributed by atoms with Gasteiger partial charge in [0.1, 0.15) is 5.75 Å². The van der Waals surface area contributed by atoms with Gasteiger partial charge in [0, 0.05) is 5.39 Å². The second-order valence-electron chi connectivity index (χ2n) is 4.57. The number of rotatable bonds is 2. The van der Waals surface area contributed by atoms with E-state index in [0.29, 0.717) is 12.8 Å². The van der Waals surface area contributed by atoms with Crippen molar-refractivity contribution in [3.8, 4) is 5.75 Å². The summed E-state index contributed by atoms with van der Waals surface area (Å²) in [7, 11) is 0. The van der Waals surface area contributed by atoms with Crippen molar-refractivity contribution < 1.29 is 15.0 Å². The largest absolute Gasteiger partial charge is 0.507 e. The molecule has 2 N–H and O–H groups in total. The molecule has 0 unspecified atom stereocenters. The van der Waals surface area contributed by atoms with Gasteiger partial charge in [0.05, 0.1) is 5.41 Å². The Morgan fingerprint density at radius 2 is 1.71 bits per heavy atom. The second-order valence-corrected chi connectivity index (χ2v) is 4.57. The number of carboxylic acid groups (broad SMARTS) is 1. The third-order valence-electron chi connectivity index (χ3n) is 3.57. The van der Waals surface area contributed by atoms with E-state index in [9.17, 15) is 15.0 Å². The maximum absolute atomic E-state index is 11.4. The monoisotopic (exact) mass is 228 g/mol. The molecule has 3 heteroatoms. The van der Waals surface area contributed by atoms with Crippen LogP contribution < -0.4 is 0 Å². The van der Waals surface area contributed by atoms with Gasteiger partial charge in [-0.15, -0.1) is 0 Å². The predicted molar refractivity (Wildman–Crippen MR) is 64.2 cm³/mol. The molecule has 86 valence electrons. The topological polar surface area (TPSA) is 57.5 Å². The number of aliphatic carboxylic acids is 1. The molecule has 17 heavy (non-hydrogen) atoms. The highest BCUT2D eigenvalue weighted by Crippen LogP contribution is 2.50. The zero-order chi connectivity index (χ0) is 12.0. The number of aromatic hydroxyl groups is 1. The van der Waals surface area contributed by atoms with E-state index in [1.54, 1.807) is 18.2 Å². The standard InChI is InChI=1S/C14H12O3/c15-12-6-2-3-9-10(12)4-1-5-11(9)14(7-8-14)13(16)17/h1-6,15H,7-8H2,(H,16,17). The van der Waals surface area contributed by atoms with Crippen LogP contribution in [0.15, 0.2) is 36.4 Å². The van der Waals surface area contributed by atoms with Gasteiger partial charge >= 0.3 is 5.97 Å².